The highest BCUT2D eigenvalue weighted by atomic mass is 35.5. The second kappa shape index (κ2) is 13.6. The third-order valence-corrected chi connectivity index (χ3v) is 11.7. The molecule has 45 heavy (non-hydrogen) atoms. The number of halogens is 2. The van der Waals surface area contributed by atoms with Gasteiger partial charge in [-0.2, -0.15) is 9.97 Å². The topological polar surface area (TPSA) is 135 Å². The zero-order valence-electron chi connectivity index (χ0n) is 26.3. The van der Waals surface area contributed by atoms with Crippen LogP contribution >= 0.6 is 24.8 Å². The second-order valence-electron chi connectivity index (χ2n) is 15.0. The van der Waals surface area contributed by atoms with Gasteiger partial charge in [0.05, 0.1) is 6.33 Å². The third-order valence-electron chi connectivity index (χ3n) is 11.7. The number of carbonyl (C=O) groups is 1. The van der Waals surface area contributed by atoms with Crippen LogP contribution in [0.5, 0.6) is 0 Å². The summed E-state index contributed by atoms with van der Waals surface area (Å²) >= 11 is 0. The molecule has 0 aromatic carbocycles. The van der Waals surface area contributed by atoms with E-state index < -0.39 is 0 Å². The van der Waals surface area contributed by atoms with E-state index >= 15 is 0 Å². The number of amides is 1. The number of rotatable bonds is 7. The summed E-state index contributed by atoms with van der Waals surface area (Å²) in [5, 5.41) is 12.5. The molecule has 5 N–H and O–H groups in total. The van der Waals surface area contributed by atoms with Crippen molar-refractivity contribution in [3.05, 3.63) is 6.33 Å². The molecule has 13 heteroatoms. The van der Waals surface area contributed by atoms with Crippen molar-refractivity contribution < 1.29 is 9.63 Å². The van der Waals surface area contributed by atoms with E-state index in [1.807, 2.05) is 11.4 Å². The quantitative estimate of drug-likeness (QED) is 0.283. The SMILES string of the molecule is Cl.Cl.NC1CCC(Nc2nc(NC3CCN(OC(=O)NC45CC6CC(CC(C6)C4)C5)CC3)c3ncn(C4CCCC4)c3n2)CC1. The van der Waals surface area contributed by atoms with Gasteiger partial charge < -0.3 is 31.1 Å². The molecule has 0 spiro atoms. The fraction of sp³-hybridized carbons (Fsp3) is 0.812. The van der Waals surface area contributed by atoms with Gasteiger partial charge in [0.1, 0.15) is 0 Å². The van der Waals surface area contributed by atoms with E-state index in [-0.39, 0.29) is 42.5 Å². The molecule has 2 aromatic heterocycles. The molecule has 0 atom stereocenters. The molecule has 9 rings (SSSR count). The molecule has 250 valence electrons. The van der Waals surface area contributed by atoms with Crippen LogP contribution in [0.1, 0.15) is 109 Å². The van der Waals surface area contributed by atoms with Gasteiger partial charge in [0, 0.05) is 42.8 Å². The summed E-state index contributed by atoms with van der Waals surface area (Å²) in [5.41, 5.74) is 7.89. The molecule has 0 unspecified atom stereocenters. The van der Waals surface area contributed by atoms with E-state index in [9.17, 15) is 4.79 Å². The fourth-order valence-corrected chi connectivity index (χ4v) is 9.88. The molecule has 7 aliphatic rings. The Morgan fingerprint density at radius 3 is 2.11 bits per heavy atom. The number of hydroxylamine groups is 2. The van der Waals surface area contributed by atoms with Crippen molar-refractivity contribution in [3.8, 4) is 0 Å². The predicted octanol–water partition coefficient (Wildman–Crippen LogP) is 5.95. The summed E-state index contributed by atoms with van der Waals surface area (Å²) in [6.45, 7) is 1.40. The predicted molar refractivity (Wildman–Crippen MR) is 180 cm³/mol. The summed E-state index contributed by atoms with van der Waals surface area (Å²) in [6, 6.07) is 1.33. The standard InChI is InChI=1S/C32H49N9O2.2ClH/c33-23-5-7-24(8-6-23)36-30-37-28(27-29(38-30)41(19-34-27)26-3-1-2-4-26)35-25-9-11-40(12-10-25)43-31(42)39-32-16-20-13-21(17-32)15-22(14-20)18-32;;/h19-26H,1-18,33H2,(H,39,42)(H2,35,36,37,38);2*1H. The number of piperidine rings is 1. The van der Waals surface area contributed by atoms with Crippen LogP contribution in [-0.4, -0.2) is 67.4 Å². The summed E-state index contributed by atoms with van der Waals surface area (Å²) in [4.78, 5) is 33.7. The van der Waals surface area contributed by atoms with Crippen molar-refractivity contribution in [2.45, 2.75) is 132 Å². The maximum atomic E-state index is 13.0. The van der Waals surface area contributed by atoms with E-state index in [4.69, 9.17) is 25.5 Å². The summed E-state index contributed by atoms with van der Waals surface area (Å²) in [7, 11) is 0. The lowest BCUT2D eigenvalue weighted by molar-refractivity contribution is -0.119. The molecule has 1 saturated heterocycles. The lowest BCUT2D eigenvalue weighted by atomic mass is 9.53. The Balaban J connectivity index is 0.00000179. The smallest absolute Gasteiger partial charge is 0.365 e. The van der Waals surface area contributed by atoms with E-state index in [0.29, 0.717) is 37.2 Å². The highest BCUT2D eigenvalue weighted by Crippen LogP contribution is 2.55. The van der Waals surface area contributed by atoms with Crippen molar-refractivity contribution in [2.75, 3.05) is 23.7 Å². The number of hydrogen-bond acceptors (Lipinski definition) is 9. The molecule has 7 fully saturated rings. The normalized spacial score (nSPS) is 33.4. The lowest BCUT2D eigenvalue weighted by Gasteiger charge is -2.56. The highest BCUT2D eigenvalue weighted by molar-refractivity contribution is 5.86. The zero-order valence-corrected chi connectivity index (χ0v) is 27.9. The summed E-state index contributed by atoms with van der Waals surface area (Å²) in [6.07, 6.45) is 19.9. The Hall–Kier alpha value is -2.08. The van der Waals surface area contributed by atoms with Gasteiger partial charge in [0.15, 0.2) is 17.0 Å². The minimum atomic E-state index is -0.261. The molecule has 2 aromatic rings. The average molecular weight is 665 g/mol. The van der Waals surface area contributed by atoms with Gasteiger partial charge in [0.2, 0.25) is 5.95 Å². The van der Waals surface area contributed by atoms with Crippen molar-refractivity contribution >= 4 is 53.8 Å². The first kappa shape index (κ1) is 32.8. The van der Waals surface area contributed by atoms with Gasteiger partial charge in [-0.15, -0.1) is 29.9 Å². The Labute approximate surface area is 278 Å². The van der Waals surface area contributed by atoms with Gasteiger partial charge in [-0.1, -0.05) is 12.8 Å². The molecular weight excluding hydrogens is 613 g/mol. The number of nitrogens with two attached hydrogens (primary N) is 1. The van der Waals surface area contributed by atoms with Crippen molar-refractivity contribution in [1.29, 1.82) is 0 Å². The molecule has 4 bridgehead atoms. The number of nitrogens with one attached hydrogen (secondary N) is 3. The number of fused-ring (bicyclic) bond motifs is 1. The van der Waals surface area contributed by atoms with Gasteiger partial charge in [-0.05, 0) is 108 Å². The van der Waals surface area contributed by atoms with Gasteiger partial charge in [0.25, 0.3) is 0 Å². The Kier molecular flexibility index (Phi) is 9.90. The van der Waals surface area contributed by atoms with E-state index in [0.717, 1.165) is 92.5 Å². The van der Waals surface area contributed by atoms with Crippen LogP contribution < -0.4 is 21.7 Å². The number of hydrogen-bond donors (Lipinski definition) is 4. The van der Waals surface area contributed by atoms with Crippen molar-refractivity contribution in [3.63, 3.8) is 0 Å². The number of aromatic nitrogens is 4. The van der Waals surface area contributed by atoms with Crippen LogP contribution in [0.3, 0.4) is 0 Å². The number of nitrogens with zero attached hydrogens (tertiary/aromatic N) is 5. The molecule has 1 amide bonds. The van der Waals surface area contributed by atoms with Crippen molar-refractivity contribution in [2.24, 2.45) is 23.5 Å². The number of imidazole rings is 1. The van der Waals surface area contributed by atoms with Crippen LogP contribution in [0.4, 0.5) is 16.6 Å². The number of anilines is 2. The second-order valence-corrected chi connectivity index (χ2v) is 15.0. The first-order valence-electron chi connectivity index (χ1n) is 17.3. The van der Waals surface area contributed by atoms with Gasteiger partial charge in [-0.3, -0.25) is 0 Å². The molecule has 3 heterocycles. The van der Waals surface area contributed by atoms with Crippen LogP contribution in [0.2, 0.25) is 0 Å². The van der Waals surface area contributed by atoms with Crippen LogP contribution in [-0.2, 0) is 4.84 Å². The maximum absolute atomic E-state index is 13.0. The lowest BCUT2D eigenvalue weighted by Crippen LogP contribution is -2.60. The van der Waals surface area contributed by atoms with E-state index in [1.54, 1.807) is 0 Å². The third kappa shape index (κ3) is 6.97. The van der Waals surface area contributed by atoms with E-state index in [2.05, 4.69) is 20.5 Å². The minimum Gasteiger partial charge on any atom is -0.365 e. The summed E-state index contributed by atoms with van der Waals surface area (Å²) < 4.78 is 2.27. The molecule has 6 saturated carbocycles. The number of carbonyl (C=O) groups excluding carboxylic acids is 1. The minimum absolute atomic E-state index is 0. The Bertz CT molecular complexity index is 1280. The maximum Gasteiger partial charge on any atom is 0.426 e. The molecule has 1 aliphatic heterocycles. The van der Waals surface area contributed by atoms with Crippen molar-refractivity contribution in [1.82, 2.24) is 29.9 Å². The zero-order chi connectivity index (χ0) is 29.0. The van der Waals surface area contributed by atoms with Crippen LogP contribution in [0.25, 0.3) is 11.2 Å². The first-order valence-corrected chi connectivity index (χ1v) is 17.3. The largest absolute Gasteiger partial charge is 0.426 e. The molecule has 0 radical (unpaired) electrons. The molecule has 11 nitrogen and oxygen atoms in total. The first-order chi connectivity index (χ1) is 21.0. The van der Waals surface area contributed by atoms with Crippen LogP contribution in [0, 0.1) is 17.8 Å². The highest BCUT2D eigenvalue weighted by Gasteiger charge is 2.52. The Morgan fingerprint density at radius 1 is 0.844 bits per heavy atom. The van der Waals surface area contributed by atoms with Gasteiger partial charge in [-0.25, -0.2) is 9.78 Å². The fourth-order valence-electron chi connectivity index (χ4n) is 9.88. The average Bonchev–Trinajstić information content (AvgIpc) is 3.65. The molecular formula is C32H51Cl2N9O2. The summed E-state index contributed by atoms with van der Waals surface area (Å²) in [5.74, 6) is 3.86. The van der Waals surface area contributed by atoms with Crippen LogP contribution in [0.15, 0.2) is 6.33 Å². The van der Waals surface area contributed by atoms with Gasteiger partial charge >= 0.3 is 6.09 Å². The monoisotopic (exact) mass is 663 g/mol. The van der Waals surface area contributed by atoms with E-state index in [1.165, 1.54) is 44.9 Å². The molecule has 6 aliphatic carbocycles. The Morgan fingerprint density at radius 2 is 1.47 bits per heavy atom.